The molecule has 2 nitrogen and oxygen atoms in total. The average molecular weight is 335 g/mol. The van der Waals surface area contributed by atoms with Gasteiger partial charge in [-0.3, -0.25) is 0 Å². The summed E-state index contributed by atoms with van der Waals surface area (Å²) in [6, 6.07) is 14.0. The molecule has 0 atom stereocenters. The number of para-hydroxylation sites is 2. The number of benzene rings is 2. The van der Waals surface area contributed by atoms with Crippen molar-refractivity contribution < 1.29 is 4.42 Å². The maximum Gasteiger partial charge on any atom is 0.227 e. The Morgan fingerprint density at radius 1 is 1.12 bits per heavy atom. The maximum atomic E-state index is 5.74. The molecule has 0 spiro atoms. The smallest absolute Gasteiger partial charge is 0.227 e. The van der Waals surface area contributed by atoms with E-state index in [9.17, 15) is 0 Å². The van der Waals surface area contributed by atoms with E-state index >= 15 is 0 Å². The minimum atomic E-state index is 0.686. The van der Waals surface area contributed by atoms with Crippen molar-refractivity contribution in [1.82, 2.24) is 4.98 Å². The highest BCUT2D eigenvalue weighted by molar-refractivity contribution is 14.1. The fourth-order valence-electron chi connectivity index (χ4n) is 1.77. The number of rotatable bonds is 1. The van der Waals surface area contributed by atoms with Crippen LogP contribution >= 0.6 is 22.6 Å². The van der Waals surface area contributed by atoms with Crippen LogP contribution in [0.2, 0.25) is 0 Å². The molecule has 0 aliphatic rings. The van der Waals surface area contributed by atoms with Gasteiger partial charge in [-0.1, -0.05) is 12.1 Å². The summed E-state index contributed by atoms with van der Waals surface area (Å²) in [4.78, 5) is 4.48. The Kier molecular flexibility index (Phi) is 2.63. The van der Waals surface area contributed by atoms with Gasteiger partial charge in [0.05, 0.1) is 0 Å². The summed E-state index contributed by atoms with van der Waals surface area (Å²) in [5, 5.41) is 0. The zero-order valence-corrected chi connectivity index (χ0v) is 11.4. The largest absolute Gasteiger partial charge is 0.436 e. The summed E-state index contributed by atoms with van der Waals surface area (Å²) >= 11 is 2.32. The van der Waals surface area contributed by atoms with Crippen LogP contribution in [0, 0.1) is 10.5 Å². The van der Waals surface area contributed by atoms with Crippen molar-refractivity contribution in [1.29, 1.82) is 0 Å². The number of nitrogens with zero attached hydrogens (tertiary/aromatic N) is 1. The van der Waals surface area contributed by atoms with Crippen LogP contribution in [0.4, 0.5) is 0 Å². The average Bonchev–Trinajstić information content (AvgIpc) is 2.76. The number of halogens is 1. The van der Waals surface area contributed by atoms with E-state index < -0.39 is 0 Å². The second-order valence-electron chi connectivity index (χ2n) is 3.95. The first-order valence-electron chi connectivity index (χ1n) is 5.36. The SMILES string of the molecule is Cc1cc(-c2nc3ccccc3o2)ccc1I. The zero-order valence-electron chi connectivity index (χ0n) is 9.27. The maximum absolute atomic E-state index is 5.74. The molecule has 3 aromatic rings. The highest BCUT2D eigenvalue weighted by Gasteiger charge is 2.08. The fraction of sp³-hybridized carbons (Fsp3) is 0.0714. The lowest BCUT2D eigenvalue weighted by atomic mass is 10.1. The van der Waals surface area contributed by atoms with Gasteiger partial charge in [-0.2, -0.15) is 0 Å². The standard InChI is InChI=1S/C14H10INO/c1-9-8-10(6-7-11(9)15)14-16-12-4-2-3-5-13(12)17-14/h2-8H,1H3. The monoisotopic (exact) mass is 335 g/mol. The lowest BCUT2D eigenvalue weighted by Gasteiger charge is -1.99. The minimum Gasteiger partial charge on any atom is -0.436 e. The topological polar surface area (TPSA) is 26.0 Å². The second-order valence-corrected chi connectivity index (χ2v) is 5.11. The molecular weight excluding hydrogens is 325 g/mol. The van der Waals surface area contributed by atoms with Gasteiger partial charge in [-0.25, -0.2) is 4.98 Å². The van der Waals surface area contributed by atoms with Crippen molar-refractivity contribution in [2.45, 2.75) is 6.92 Å². The highest BCUT2D eigenvalue weighted by Crippen LogP contribution is 2.26. The molecule has 0 N–H and O–H groups in total. The van der Waals surface area contributed by atoms with Gasteiger partial charge in [0, 0.05) is 9.13 Å². The fourth-order valence-corrected chi connectivity index (χ4v) is 2.11. The summed E-state index contributed by atoms with van der Waals surface area (Å²) in [5.74, 6) is 0.686. The molecule has 0 saturated heterocycles. The Hall–Kier alpha value is -1.36. The third-order valence-electron chi connectivity index (χ3n) is 2.70. The molecule has 0 radical (unpaired) electrons. The molecule has 1 heterocycles. The number of fused-ring (bicyclic) bond motifs is 1. The molecule has 84 valence electrons. The van der Waals surface area contributed by atoms with E-state index in [1.165, 1.54) is 9.13 Å². The first-order valence-corrected chi connectivity index (χ1v) is 6.44. The summed E-state index contributed by atoms with van der Waals surface area (Å²) in [6.07, 6.45) is 0. The minimum absolute atomic E-state index is 0.686. The molecule has 0 aliphatic heterocycles. The quantitative estimate of drug-likeness (QED) is 0.616. The van der Waals surface area contributed by atoms with Gasteiger partial charge >= 0.3 is 0 Å². The highest BCUT2D eigenvalue weighted by atomic mass is 127. The molecule has 17 heavy (non-hydrogen) atoms. The Morgan fingerprint density at radius 3 is 2.71 bits per heavy atom. The van der Waals surface area contributed by atoms with Crippen molar-refractivity contribution in [3.63, 3.8) is 0 Å². The summed E-state index contributed by atoms with van der Waals surface area (Å²) in [5.41, 5.74) is 4.00. The van der Waals surface area contributed by atoms with Crippen molar-refractivity contribution in [3.8, 4) is 11.5 Å². The van der Waals surface area contributed by atoms with Crippen LogP contribution < -0.4 is 0 Å². The Bertz CT molecular complexity index is 655. The Labute approximate surface area is 113 Å². The van der Waals surface area contributed by atoms with E-state index in [1.54, 1.807) is 0 Å². The molecule has 0 unspecified atom stereocenters. The second kappa shape index (κ2) is 4.14. The van der Waals surface area contributed by atoms with Crippen molar-refractivity contribution >= 4 is 33.7 Å². The molecule has 2 aromatic carbocycles. The molecule has 0 amide bonds. The van der Waals surface area contributed by atoms with Crippen molar-refractivity contribution in [3.05, 3.63) is 51.6 Å². The third-order valence-corrected chi connectivity index (χ3v) is 3.91. The van der Waals surface area contributed by atoms with E-state index in [0.717, 1.165) is 16.7 Å². The van der Waals surface area contributed by atoms with Crippen molar-refractivity contribution in [2.75, 3.05) is 0 Å². The lowest BCUT2D eigenvalue weighted by molar-refractivity contribution is 0.620. The van der Waals surface area contributed by atoms with Gasteiger partial charge in [-0.15, -0.1) is 0 Å². The van der Waals surface area contributed by atoms with E-state index in [0.29, 0.717) is 5.89 Å². The van der Waals surface area contributed by atoms with E-state index in [1.807, 2.05) is 30.3 Å². The number of aromatic nitrogens is 1. The molecule has 1 aromatic heterocycles. The Balaban J connectivity index is 2.17. The first-order chi connectivity index (χ1) is 8.24. The van der Waals surface area contributed by atoms with E-state index in [4.69, 9.17) is 4.42 Å². The normalized spacial score (nSPS) is 10.9. The Morgan fingerprint density at radius 2 is 1.94 bits per heavy atom. The summed E-state index contributed by atoms with van der Waals surface area (Å²) < 4.78 is 6.99. The number of hydrogen-bond acceptors (Lipinski definition) is 2. The number of hydrogen-bond donors (Lipinski definition) is 0. The zero-order chi connectivity index (χ0) is 11.8. The van der Waals surface area contributed by atoms with Crippen LogP contribution in [-0.2, 0) is 0 Å². The summed E-state index contributed by atoms with van der Waals surface area (Å²) in [6.45, 7) is 2.09. The van der Waals surface area contributed by atoms with Crippen LogP contribution in [0.25, 0.3) is 22.6 Å². The van der Waals surface area contributed by atoms with Gasteiger partial charge in [0.15, 0.2) is 5.58 Å². The van der Waals surface area contributed by atoms with Crippen LogP contribution in [0.5, 0.6) is 0 Å². The van der Waals surface area contributed by atoms with Gasteiger partial charge in [0.25, 0.3) is 0 Å². The molecule has 0 fully saturated rings. The van der Waals surface area contributed by atoms with Crippen molar-refractivity contribution in [2.24, 2.45) is 0 Å². The molecule has 3 heteroatoms. The third kappa shape index (κ3) is 1.95. The number of aryl methyl sites for hydroxylation is 1. The van der Waals surface area contributed by atoms with Crippen LogP contribution in [0.15, 0.2) is 46.9 Å². The van der Waals surface area contributed by atoms with Gasteiger partial charge in [0.2, 0.25) is 5.89 Å². The predicted octanol–water partition coefficient (Wildman–Crippen LogP) is 4.41. The van der Waals surface area contributed by atoms with E-state index in [2.05, 4.69) is 46.6 Å². The van der Waals surface area contributed by atoms with Gasteiger partial charge in [0.1, 0.15) is 5.52 Å². The molecular formula is C14H10INO. The molecule has 3 rings (SSSR count). The van der Waals surface area contributed by atoms with Gasteiger partial charge in [-0.05, 0) is 65.4 Å². The van der Waals surface area contributed by atoms with Gasteiger partial charge < -0.3 is 4.42 Å². The molecule has 0 bridgehead atoms. The molecule has 0 saturated carbocycles. The van der Waals surface area contributed by atoms with Crippen LogP contribution in [-0.4, -0.2) is 4.98 Å². The molecule has 0 aliphatic carbocycles. The first kappa shape index (κ1) is 10.8. The van der Waals surface area contributed by atoms with Crippen LogP contribution in [0.1, 0.15) is 5.56 Å². The van der Waals surface area contributed by atoms with E-state index in [-0.39, 0.29) is 0 Å². The van der Waals surface area contributed by atoms with Crippen LogP contribution in [0.3, 0.4) is 0 Å². The summed E-state index contributed by atoms with van der Waals surface area (Å²) in [7, 11) is 0. The lowest BCUT2D eigenvalue weighted by Crippen LogP contribution is -1.82. The number of oxazole rings is 1. The predicted molar refractivity (Wildman–Crippen MR) is 76.9 cm³/mol.